The van der Waals surface area contributed by atoms with Crippen molar-refractivity contribution in [1.82, 2.24) is 20.2 Å². The molecule has 2 N–H and O–H groups in total. The predicted molar refractivity (Wildman–Crippen MR) is 125 cm³/mol. The molecule has 0 saturated heterocycles. The van der Waals surface area contributed by atoms with Gasteiger partial charge in [0.15, 0.2) is 11.6 Å². The second kappa shape index (κ2) is 8.33. The quantitative estimate of drug-likeness (QED) is 0.371. The number of benzene rings is 3. The van der Waals surface area contributed by atoms with E-state index in [1.807, 2.05) is 78.9 Å². The normalized spacial score (nSPS) is 11.2. The van der Waals surface area contributed by atoms with Crippen LogP contribution in [0.3, 0.4) is 0 Å². The molecular weight excluding hydrogens is 406 g/mol. The number of H-pyrrole nitrogens is 1. The maximum Gasteiger partial charge on any atom is 0.248 e. The molecule has 2 aromatic heterocycles. The van der Waals surface area contributed by atoms with Gasteiger partial charge >= 0.3 is 0 Å². The van der Waals surface area contributed by atoms with E-state index in [9.17, 15) is 4.79 Å². The van der Waals surface area contributed by atoms with E-state index >= 15 is 0 Å². The molecule has 3 aromatic carbocycles. The summed E-state index contributed by atoms with van der Waals surface area (Å²) in [6.45, 7) is 0. The molecule has 150 valence electrons. The molecule has 5 aromatic rings. The van der Waals surface area contributed by atoms with Gasteiger partial charge in [-0.2, -0.15) is 5.10 Å². The number of carbonyl (C=O) groups is 1. The van der Waals surface area contributed by atoms with Crippen LogP contribution >= 0.6 is 11.3 Å². The first kappa shape index (κ1) is 18.9. The van der Waals surface area contributed by atoms with E-state index in [1.165, 1.54) is 6.08 Å². The highest BCUT2D eigenvalue weighted by molar-refractivity contribution is 7.19. The predicted octanol–water partition coefficient (Wildman–Crippen LogP) is 5.40. The molecule has 0 aliphatic heterocycles. The molecule has 0 saturated carbocycles. The van der Waals surface area contributed by atoms with Crippen molar-refractivity contribution in [3.8, 4) is 22.8 Å². The number of para-hydroxylation sites is 2. The van der Waals surface area contributed by atoms with Crippen LogP contribution in [0.2, 0.25) is 0 Å². The van der Waals surface area contributed by atoms with Crippen molar-refractivity contribution in [3.05, 3.63) is 89.9 Å². The maximum absolute atomic E-state index is 12.5. The van der Waals surface area contributed by atoms with Gasteiger partial charge < -0.3 is 5.32 Å². The zero-order valence-corrected chi connectivity index (χ0v) is 17.1. The molecule has 6 nitrogen and oxygen atoms in total. The summed E-state index contributed by atoms with van der Waals surface area (Å²) >= 11 is 1.55. The molecule has 2 heterocycles. The van der Waals surface area contributed by atoms with E-state index in [0.717, 1.165) is 26.4 Å². The van der Waals surface area contributed by atoms with Crippen molar-refractivity contribution in [3.63, 3.8) is 0 Å². The van der Waals surface area contributed by atoms with Crippen LogP contribution in [0.25, 0.3) is 39.1 Å². The highest BCUT2D eigenvalue weighted by atomic mass is 32.1. The number of aromatic amines is 1. The van der Waals surface area contributed by atoms with E-state index in [-0.39, 0.29) is 5.91 Å². The lowest BCUT2D eigenvalue weighted by atomic mass is 10.1. The van der Waals surface area contributed by atoms with Crippen molar-refractivity contribution < 1.29 is 4.79 Å². The molecule has 1 amide bonds. The molecule has 0 radical (unpaired) electrons. The first-order valence-corrected chi connectivity index (χ1v) is 10.5. The van der Waals surface area contributed by atoms with Crippen LogP contribution in [0.15, 0.2) is 84.9 Å². The van der Waals surface area contributed by atoms with Gasteiger partial charge in [0.1, 0.15) is 5.01 Å². The minimum atomic E-state index is -0.241. The summed E-state index contributed by atoms with van der Waals surface area (Å²) in [5.74, 6) is 0.951. The molecule has 0 aliphatic carbocycles. The second-order valence-electron chi connectivity index (χ2n) is 6.76. The number of thiazole rings is 1. The van der Waals surface area contributed by atoms with Gasteiger partial charge in [-0.1, -0.05) is 54.6 Å². The first-order valence-electron chi connectivity index (χ1n) is 9.68. The minimum Gasteiger partial charge on any atom is -0.322 e. The van der Waals surface area contributed by atoms with Gasteiger partial charge in [0, 0.05) is 17.2 Å². The Labute approximate surface area is 182 Å². The van der Waals surface area contributed by atoms with Crippen LogP contribution in [-0.4, -0.2) is 26.1 Å². The number of fused-ring (bicyclic) bond motifs is 1. The zero-order chi connectivity index (χ0) is 21.0. The summed E-state index contributed by atoms with van der Waals surface area (Å²) < 4.78 is 1.09. The number of nitrogens with zero attached hydrogens (tertiary/aromatic N) is 3. The van der Waals surface area contributed by atoms with Gasteiger partial charge in [-0.05, 0) is 30.3 Å². The van der Waals surface area contributed by atoms with Crippen molar-refractivity contribution in [1.29, 1.82) is 0 Å². The number of rotatable bonds is 5. The lowest BCUT2D eigenvalue weighted by Gasteiger charge is -2.07. The molecule has 0 unspecified atom stereocenters. The lowest BCUT2D eigenvalue weighted by molar-refractivity contribution is -0.111. The number of anilines is 1. The molecule has 31 heavy (non-hydrogen) atoms. The van der Waals surface area contributed by atoms with Gasteiger partial charge in [-0.3, -0.25) is 9.89 Å². The highest BCUT2D eigenvalue weighted by Gasteiger charge is 2.12. The van der Waals surface area contributed by atoms with Crippen LogP contribution in [-0.2, 0) is 4.79 Å². The summed E-state index contributed by atoms with van der Waals surface area (Å²) in [6.07, 6.45) is 3.22. The number of nitrogens with one attached hydrogen (secondary N) is 2. The Morgan fingerprint density at radius 2 is 1.68 bits per heavy atom. The molecule has 7 heteroatoms. The number of carbonyl (C=O) groups excluding carboxylic acids is 1. The van der Waals surface area contributed by atoms with Gasteiger partial charge in [0.05, 0.1) is 15.9 Å². The van der Waals surface area contributed by atoms with E-state index in [4.69, 9.17) is 0 Å². The third-order valence-corrected chi connectivity index (χ3v) is 5.65. The number of aromatic nitrogens is 4. The smallest absolute Gasteiger partial charge is 0.248 e. The van der Waals surface area contributed by atoms with Crippen LogP contribution in [0.4, 0.5) is 5.69 Å². The molecule has 0 fully saturated rings. The van der Waals surface area contributed by atoms with E-state index < -0.39 is 0 Å². The summed E-state index contributed by atoms with van der Waals surface area (Å²) in [5.41, 5.74) is 3.26. The Morgan fingerprint density at radius 1 is 0.903 bits per heavy atom. The van der Waals surface area contributed by atoms with E-state index in [0.29, 0.717) is 17.3 Å². The molecular formula is C24H17N5OS. The molecule has 0 aliphatic rings. The fraction of sp³-hybridized carbons (Fsp3) is 0. The Hall–Kier alpha value is -4.10. The van der Waals surface area contributed by atoms with Gasteiger partial charge in [-0.15, -0.1) is 11.3 Å². The van der Waals surface area contributed by atoms with Crippen LogP contribution in [0.1, 0.15) is 5.01 Å². The fourth-order valence-electron chi connectivity index (χ4n) is 3.18. The molecule has 5 rings (SSSR count). The first-order chi connectivity index (χ1) is 15.3. The Kier molecular flexibility index (Phi) is 5.08. The summed E-state index contributed by atoms with van der Waals surface area (Å²) in [7, 11) is 0. The average molecular weight is 424 g/mol. The molecule has 0 spiro atoms. The third-order valence-electron chi connectivity index (χ3n) is 4.65. The third kappa shape index (κ3) is 4.12. The largest absolute Gasteiger partial charge is 0.322 e. The average Bonchev–Trinajstić information content (AvgIpc) is 3.46. The van der Waals surface area contributed by atoms with Gasteiger partial charge in [0.2, 0.25) is 5.91 Å². The van der Waals surface area contributed by atoms with Crippen molar-refractivity contribution in [2.24, 2.45) is 0 Å². The van der Waals surface area contributed by atoms with Gasteiger partial charge in [-0.25, -0.2) is 9.97 Å². The SMILES string of the molecule is O=C(/C=C/c1nc2ccccc2s1)Nc1ccccc1-c1nc(-c2ccccc2)n[nH]1. The fourth-order valence-corrected chi connectivity index (χ4v) is 4.05. The summed E-state index contributed by atoms with van der Waals surface area (Å²) in [4.78, 5) is 21.7. The Morgan fingerprint density at radius 3 is 2.55 bits per heavy atom. The molecule has 0 atom stereocenters. The zero-order valence-electron chi connectivity index (χ0n) is 16.3. The van der Waals surface area contributed by atoms with Crippen LogP contribution < -0.4 is 5.32 Å². The Balaban J connectivity index is 1.36. The Bertz CT molecular complexity index is 1350. The number of amides is 1. The van der Waals surface area contributed by atoms with E-state index in [1.54, 1.807) is 17.4 Å². The summed E-state index contributed by atoms with van der Waals surface area (Å²) in [6, 6.07) is 25.1. The maximum atomic E-state index is 12.5. The van der Waals surface area contributed by atoms with Crippen molar-refractivity contribution in [2.45, 2.75) is 0 Å². The number of hydrogen-bond acceptors (Lipinski definition) is 5. The standard InChI is InChI=1S/C24H17N5OS/c30-21(14-15-22-26-19-12-6-7-13-20(19)31-22)25-18-11-5-4-10-17(18)24-27-23(28-29-24)16-8-2-1-3-9-16/h1-15H,(H,25,30)(H,27,28,29)/b15-14+. The van der Waals surface area contributed by atoms with Crippen molar-refractivity contribution >= 4 is 39.2 Å². The van der Waals surface area contributed by atoms with Crippen LogP contribution in [0.5, 0.6) is 0 Å². The lowest BCUT2D eigenvalue weighted by Crippen LogP contribution is -2.08. The van der Waals surface area contributed by atoms with Gasteiger partial charge in [0.25, 0.3) is 0 Å². The summed E-state index contributed by atoms with van der Waals surface area (Å²) in [5, 5.41) is 11.0. The number of hydrogen-bond donors (Lipinski definition) is 2. The van der Waals surface area contributed by atoms with Crippen LogP contribution in [0, 0.1) is 0 Å². The molecule has 0 bridgehead atoms. The topological polar surface area (TPSA) is 83.6 Å². The van der Waals surface area contributed by atoms with Crippen molar-refractivity contribution in [2.75, 3.05) is 5.32 Å². The van der Waals surface area contributed by atoms with E-state index in [2.05, 4.69) is 25.5 Å². The monoisotopic (exact) mass is 423 g/mol. The minimum absolute atomic E-state index is 0.241. The second-order valence-corrected chi connectivity index (χ2v) is 7.82. The highest BCUT2D eigenvalue weighted by Crippen LogP contribution is 2.27.